The van der Waals surface area contributed by atoms with E-state index in [2.05, 4.69) is 4.90 Å². The fourth-order valence-electron chi connectivity index (χ4n) is 2.53. The summed E-state index contributed by atoms with van der Waals surface area (Å²) in [4.78, 5) is 2.34. The maximum absolute atomic E-state index is 14.3. The Hall–Kier alpha value is -1.04. The minimum absolute atomic E-state index is 0.0925. The fourth-order valence-corrected chi connectivity index (χ4v) is 2.69. The quantitative estimate of drug-likeness (QED) is 0.757. The largest absolute Gasteiger partial charge is 0.396 e. The van der Waals surface area contributed by atoms with Crippen LogP contribution in [-0.2, 0) is 6.54 Å². The average Bonchev–Trinajstić information content (AvgIpc) is 2.35. The molecule has 1 aromatic rings. The predicted octanol–water partition coefficient (Wildman–Crippen LogP) is 2.20. The maximum atomic E-state index is 14.3. The van der Waals surface area contributed by atoms with Crippen LogP contribution in [0.15, 0.2) is 18.2 Å². The molecule has 3 N–H and O–H groups in total. The molecule has 0 spiro atoms. The van der Waals surface area contributed by atoms with Crippen molar-refractivity contribution >= 4 is 17.2 Å². The number of aliphatic hydroxyl groups is 1. The van der Waals surface area contributed by atoms with E-state index in [-0.39, 0.29) is 17.4 Å². The van der Waals surface area contributed by atoms with Crippen LogP contribution in [-0.4, -0.2) is 34.2 Å². The summed E-state index contributed by atoms with van der Waals surface area (Å²) in [6.45, 7) is 1.50. The number of hydrogen-bond acceptors (Lipinski definition) is 3. The van der Waals surface area contributed by atoms with E-state index in [0.717, 1.165) is 19.4 Å². The molecule has 0 bridgehead atoms. The SMILES string of the molecule is NC(=S)c1cccc(CN(CCCO)C2CCC2)c1F. The highest BCUT2D eigenvalue weighted by Crippen LogP contribution is 2.27. The van der Waals surface area contributed by atoms with Crippen molar-refractivity contribution in [3.8, 4) is 0 Å². The number of halogens is 1. The number of hydrogen-bond donors (Lipinski definition) is 2. The number of nitrogens with two attached hydrogens (primary N) is 1. The Balaban J connectivity index is 2.13. The molecular weight excluding hydrogens is 275 g/mol. The second-order valence-corrected chi connectivity index (χ2v) is 5.72. The Morgan fingerprint density at radius 3 is 2.75 bits per heavy atom. The summed E-state index contributed by atoms with van der Waals surface area (Å²) in [5.74, 6) is -0.312. The summed E-state index contributed by atoms with van der Waals surface area (Å²) in [7, 11) is 0. The molecule has 1 aliphatic rings. The van der Waals surface area contributed by atoms with Crippen LogP contribution in [0.4, 0.5) is 4.39 Å². The lowest BCUT2D eigenvalue weighted by Gasteiger charge is -2.37. The Morgan fingerprint density at radius 2 is 2.20 bits per heavy atom. The van der Waals surface area contributed by atoms with Crippen LogP contribution in [0.25, 0.3) is 0 Å². The van der Waals surface area contributed by atoms with Gasteiger partial charge in [-0.2, -0.15) is 0 Å². The van der Waals surface area contributed by atoms with E-state index in [9.17, 15) is 4.39 Å². The van der Waals surface area contributed by atoms with Gasteiger partial charge in [0.05, 0.1) is 0 Å². The first-order valence-electron chi connectivity index (χ1n) is 7.05. The van der Waals surface area contributed by atoms with Gasteiger partial charge in [-0.15, -0.1) is 0 Å². The minimum Gasteiger partial charge on any atom is -0.396 e. The Kier molecular flexibility index (Phi) is 5.46. The lowest BCUT2D eigenvalue weighted by Crippen LogP contribution is -2.40. The molecule has 5 heteroatoms. The standard InChI is InChI=1S/C15H21FN2OS/c16-14-11(4-1-7-13(14)15(17)20)10-18(8-3-9-19)12-5-2-6-12/h1,4,7,12,19H,2-3,5-6,8-10H2,(H2,17,20). The molecule has 1 aromatic carbocycles. The molecule has 0 heterocycles. The first-order valence-corrected chi connectivity index (χ1v) is 7.46. The van der Waals surface area contributed by atoms with Gasteiger partial charge in [-0.25, -0.2) is 4.39 Å². The molecule has 1 saturated carbocycles. The van der Waals surface area contributed by atoms with Crippen LogP contribution in [0.3, 0.4) is 0 Å². The molecule has 110 valence electrons. The smallest absolute Gasteiger partial charge is 0.137 e. The van der Waals surface area contributed by atoms with E-state index in [1.165, 1.54) is 6.42 Å². The lowest BCUT2D eigenvalue weighted by molar-refractivity contribution is 0.108. The molecular formula is C15H21FN2OS. The van der Waals surface area contributed by atoms with Gasteiger partial charge in [0, 0.05) is 36.9 Å². The zero-order valence-electron chi connectivity index (χ0n) is 11.5. The summed E-state index contributed by atoms with van der Waals surface area (Å²) in [6, 6.07) is 5.69. The average molecular weight is 296 g/mol. The molecule has 0 unspecified atom stereocenters. The number of nitrogens with zero attached hydrogens (tertiary/aromatic N) is 1. The van der Waals surface area contributed by atoms with Crippen molar-refractivity contribution < 1.29 is 9.50 Å². The van der Waals surface area contributed by atoms with Gasteiger partial charge < -0.3 is 10.8 Å². The molecule has 0 aliphatic heterocycles. The molecule has 0 saturated heterocycles. The highest BCUT2D eigenvalue weighted by Gasteiger charge is 2.25. The highest BCUT2D eigenvalue weighted by atomic mass is 32.1. The molecule has 0 atom stereocenters. The number of benzene rings is 1. The van der Waals surface area contributed by atoms with Crippen LogP contribution in [0.2, 0.25) is 0 Å². The third kappa shape index (κ3) is 3.53. The van der Waals surface area contributed by atoms with Gasteiger partial charge in [0.25, 0.3) is 0 Å². The third-order valence-electron chi connectivity index (χ3n) is 3.91. The van der Waals surface area contributed by atoms with Crippen LogP contribution in [0.5, 0.6) is 0 Å². The maximum Gasteiger partial charge on any atom is 0.137 e. The Bertz CT molecular complexity index is 477. The van der Waals surface area contributed by atoms with Crippen molar-refractivity contribution in [2.45, 2.75) is 38.3 Å². The van der Waals surface area contributed by atoms with E-state index < -0.39 is 0 Å². The summed E-state index contributed by atoms with van der Waals surface area (Å²) >= 11 is 4.87. The minimum atomic E-state index is -0.312. The van der Waals surface area contributed by atoms with Gasteiger partial charge in [-0.3, -0.25) is 4.90 Å². The Labute approximate surface area is 124 Å². The molecule has 2 rings (SSSR count). The molecule has 0 amide bonds. The number of aliphatic hydroxyl groups excluding tert-OH is 1. The summed E-state index contributed by atoms with van der Waals surface area (Å²) in [5, 5.41) is 8.99. The molecule has 1 fully saturated rings. The first kappa shape index (κ1) is 15.4. The van der Waals surface area contributed by atoms with Gasteiger partial charge in [0.15, 0.2) is 0 Å². The van der Waals surface area contributed by atoms with E-state index in [1.807, 2.05) is 0 Å². The van der Waals surface area contributed by atoms with E-state index in [4.69, 9.17) is 23.1 Å². The molecule has 3 nitrogen and oxygen atoms in total. The summed E-state index contributed by atoms with van der Waals surface area (Å²) in [5.41, 5.74) is 6.47. The lowest BCUT2D eigenvalue weighted by atomic mass is 9.91. The normalized spacial score (nSPS) is 15.3. The monoisotopic (exact) mass is 296 g/mol. The van der Waals surface area contributed by atoms with E-state index in [0.29, 0.717) is 30.1 Å². The summed E-state index contributed by atoms with van der Waals surface area (Å²) in [6.07, 6.45) is 4.26. The first-order chi connectivity index (χ1) is 9.63. The van der Waals surface area contributed by atoms with Crippen LogP contribution >= 0.6 is 12.2 Å². The van der Waals surface area contributed by atoms with Crippen LogP contribution in [0.1, 0.15) is 36.8 Å². The van der Waals surface area contributed by atoms with Crippen molar-refractivity contribution in [2.75, 3.05) is 13.2 Å². The van der Waals surface area contributed by atoms with Gasteiger partial charge >= 0.3 is 0 Å². The molecule has 20 heavy (non-hydrogen) atoms. The van der Waals surface area contributed by atoms with Crippen molar-refractivity contribution in [3.63, 3.8) is 0 Å². The molecule has 1 aliphatic carbocycles. The van der Waals surface area contributed by atoms with Gasteiger partial charge in [0.2, 0.25) is 0 Å². The van der Waals surface area contributed by atoms with Gasteiger partial charge in [-0.05, 0) is 25.3 Å². The molecule has 0 aromatic heterocycles. The fraction of sp³-hybridized carbons (Fsp3) is 0.533. The second-order valence-electron chi connectivity index (χ2n) is 5.28. The molecule has 0 radical (unpaired) electrons. The van der Waals surface area contributed by atoms with Crippen molar-refractivity contribution in [1.82, 2.24) is 4.90 Å². The number of thiocarbonyl (C=S) groups is 1. The van der Waals surface area contributed by atoms with Gasteiger partial charge in [-0.1, -0.05) is 30.8 Å². The Morgan fingerprint density at radius 1 is 1.45 bits per heavy atom. The summed E-state index contributed by atoms with van der Waals surface area (Å²) < 4.78 is 14.3. The highest BCUT2D eigenvalue weighted by molar-refractivity contribution is 7.80. The predicted molar refractivity (Wildman–Crippen MR) is 82.0 cm³/mol. The van der Waals surface area contributed by atoms with Crippen molar-refractivity contribution in [3.05, 3.63) is 35.1 Å². The van der Waals surface area contributed by atoms with Crippen molar-refractivity contribution in [2.24, 2.45) is 5.73 Å². The van der Waals surface area contributed by atoms with Crippen molar-refractivity contribution in [1.29, 1.82) is 0 Å². The topological polar surface area (TPSA) is 49.5 Å². The van der Waals surface area contributed by atoms with Gasteiger partial charge in [0.1, 0.15) is 10.8 Å². The second kappa shape index (κ2) is 7.11. The van der Waals surface area contributed by atoms with E-state index in [1.54, 1.807) is 18.2 Å². The number of rotatable bonds is 7. The van der Waals surface area contributed by atoms with E-state index >= 15 is 0 Å². The zero-order valence-corrected chi connectivity index (χ0v) is 12.3. The van der Waals surface area contributed by atoms with Crippen LogP contribution < -0.4 is 5.73 Å². The van der Waals surface area contributed by atoms with Crippen LogP contribution in [0, 0.1) is 5.82 Å². The zero-order chi connectivity index (χ0) is 14.5. The third-order valence-corrected chi connectivity index (χ3v) is 4.13.